The van der Waals surface area contributed by atoms with Crippen LogP contribution in [0.5, 0.6) is 0 Å². The van der Waals surface area contributed by atoms with Crippen molar-refractivity contribution in [3.05, 3.63) is 35.4 Å². The van der Waals surface area contributed by atoms with Gasteiger partial charge in [0.1, 0.15) is 6.61 Å². The molecule has 19 heavy (non-hydrogen) atoms. The van der Waals surface area contributed by atoms with Gasteiger partial charge in [0, 0.05) is 20.8 Å². The quantitative estimate of drug-likeness (QED) is 0.681. The molecule has 0 aliphatic carbocycles. The second kappa shape index (κ2) is 9.49. The van der Waals surface area contributed by atoms with Crippen molar-refractivity contribution in [2.75, 3.05) is 34.0 Å². The van der Waals surface area contributed by atoms with Gasteiger partial charge in [0.15, 0.2) is 0 Å². The van der Waals surface area contributed by atoms with Gasteiger partial charge in [-0.25, -0.2) is 0 Å². The van der Waals surface area contributed by atoms with Gasteiger partial charge in [-0.3, -0.25) is 4.79 Å². The van der Waals surface area contributed by atoms with Crippen LogP contribution in [0.15, 0.2) is 24.3 Å². The van der Waals surface area contributed by atoms with Crippen LogP contribution in [0.4, 0.5) is 0 Å². The summed E-state index contributed by atoms with van der Waals surface area (Å²) in [7, 11) is 3.25. The molecule has 0 aromatic heterocycles. The minimum atomic E-state index is -0.136. The Morgan fingerprint density at radius 3 is 2.53 bits per heavy atom. The summed E-state index contributed by atoms with van der Waals surface area (Å²) in [6, 6.07) is 7.85. The highest BCUT2D eigenvalue weighted by Gasteiger charge is 2.04. The molecule has 5 nitrogen and oxygen atoms in total. The Bertz CT molecular complexity index is 381. The lowest BCUT2D eigenvalue weighted by Gasteiger charge is -2.10. The lowest BCUT2D eigenvalue weighted by atomic mass is 10.1. The van der Waals surface area contributed by atoms with E-state index in [2.05, 4.69) is 5.32 Å². The van der Waals surface area contributed by atoms with Gasteiger partial charge < -0.3 is 19.5 Å². The number of benzene rings is 1. The third-order valence-corrected chi connectivity index (χ3v) is 2.56. The molecule has 106 valence electrons. The van der Waals surface area contributed by atoms with Crippen LogP contribution >= 0.6 is 0 Å². The molecule has 1 amide bonds. The summed E-state index contributed by atoms with van der Waals surface area (Å²) in [4.78, 5) is 11.5. The summed E-state index contributed by atoms with van der Waals surface area (Å²) in [6.07, 6.45) is 0. The molecule has 1 aromatic rings. The van der Waals surface area contributed by atoms with Crippen molar-refractivity contribution in [2.24, 2.45) is 0 Å². The summed E-state index contributed by atoms with van der Waals surface area (Å²) in [6.45, 7) is 1.98. The summed E-state index contributed by atoms with van der Waals surface area (Å²) >= 11 is 0. The van der Waals surface area contributed by atoms with Gasteiger partial charge in [-0.15, -0.1) is 0 Å². The molecular weight excluding hydrogens is 246 g/mol. The number of ether oxygens (including phenoxy) is 3. The zero-order valence-corrected chi connectivity index (χ0v) is 11.5. The summed E-state index contributed by atoms with van der Waals surface area (Å²) < 4.78 is 15.1. The average Bonchev–Trinajstić information content (AvgIpc) is 2.43. The highest BCUT2D eigenvalue weighted by molar-refractivity contribution is 5.77. The Hall–Kier alpha value is -1.43. The fourth-order valence-corrected chi connectivity index (χ4v) is 1.58. The average molecular weight is 267 g/mol. The molecule has 0 atom stereocenters. The molecule has 0 aliphatic heterocycles. The van der Waals surface area contributed by atoms with E-state index in [0.29, 0.717) is 26.4 Å². The van der Waals surface area contributed by atoms with Crippen LogP contribution in [-0.4, -0.2) is 39.9 Å². The van der Waals surface area contributed by atoms with Gasteiger partial charge in [-0.05, 0) is 11.1 Å². The van der Waals surface area contributed by atoms with Gasteiger partial charge in [-0.1, -0.05) is 24.3 Å². The molecule has 5 heteroatoms. The normalized spacial score (nSPS) is 10.4. The second-order valence-corrected chi connectivity index (χ2v) is 4.02. The van der Waals surface area contributed by atoms with E-state index in [1.807, 2.05) is 24.3 Å². The summed E-state index contributed by atoms with van der Waals surface area (Å²) in [5.74, 6) is -0.136. The number of hydrogen-bond donors (Lipinski definition) is 1. The predicted octanol–water partition coefficient (Wildman–Crippen LogP) is 1.11. The smallest absolute Gasteiger partial charge is 0.246 e. The van der Waals surface area contributed by atoms with Crippen molar-refractivity contribution >= 4 is 5.91 Å². The van der Waals surface area contributed by atoms with Crippen molar-refractivity contribution in [3.63, 3.8) is 0 Å². The zero-order valence-electron chi connectivity index (χ0n) is 11.5. The van der Waals surface area contributed by atoms with Crippen molar-refractivity contribution in [2.45, 2.75) is 13.2 Å². The third-order valence-electron chi connectivity index (χ3n) is 2.56. The molecule has 1 N–H and O–H groups in total. The van der Waals surface area contributed by atoms with Crippen LogP contribution < -0.4 is 5.32 Å². The van der Waals surface area contributed by atoms with Crippen molar-refractivity contribution < 1.29 is 19.0 Å². The fourth-order valence-electron chi connectivity index (χ4n) is 1.58. The van der Waals surface area contributed by atoms with E-state index in [9.17, 15) is 4.79 Å². The van der Waals surface area contributed by atoms with Crippen LogP contribution in [0, 0.1) is 0 Å². The van der Waals surface area contributed by atoms with Crippen LogP contribution in [0.2, 0.25) is 0 Å². The molecule has 0 aliphatic rings. The Balaban J connectivity index is 2.33. The molecule has 0 heterocycles. The largest absolute Gasteiger partial charge is 0.382 e. The lowest BCUT2D eigenvalue weighted by molar-refractivity contribution is -0.126. The number of methoxy groups -OCH3 is 2. The maximum atomic E-state index is 11.5. The van der Waals surface area contributed by atoms with E-state index in [1.165, 1.54) is 0 Å². The summed E-state index contributed by atoms with van der Waals surface area (Å²) in [5.41, 5.74) is 2.13. The predicted molar refractivity (Wildman–Crippen MR) is 71.7 cm³/mol. The maximum absolute atomic E-state index is 11.5. The monoisotopic (exact) mass is 267 g/mol. The topological polar surface area (TPSA) is 56.8 Å². The number of carbonyl (C=O) groups excluding carboxylic acids is 1. The van der Waals surface area contributed by atoms with Crippen LogP contribution in [0.3, 0.4) is 0 Å². The van der Waals surface area contributed by atoms with E-state index in [4.69, 9.17) is 14.2 Å². The fraction of sp³-hybridized carbons (Fsp3) is 0.500. The first-order valence-corrected chi connectivity index (χ1v) is 6.17. The van der Waals surface area contributed by atoms with Gasteiger partial charge in [0.2, 0.25) is 5.91 Å². The maximum Gasteiger partial charge on any atom is 0.246 e. The highest BCUT2D eigenvalue weighted by Crippen LogP contribution is 2.09. The minimum absolute atomic E-state index is 0.0514. The number of hydrogen-bond acceptors (Lipinski definition) is 4. The second-order valence-electron chi connectivity index (χ2n) is 4.02. The number of rotatable bonds is 9. The van der Waals surface area contributed by atoms with E-state index in [1.54, 1.807) is 14.2 Å². The Morgan fingerprint density at radius 1 is 1.11 bits per heavy atom. The molecule has 0 radical (unpaired) electrons. The van der Waals surface area contributed by atoms with Gasteiger partial charge >= 0.3 is 0 Å². The molecule has 0 spiro atoms. The Kier molecular flexibility index (Phi) is 7.81. The van der Waals surface area contributed by atoms with Crippen LogP contribution in [-0.2, 0) is 32.2 Å². The first-order chi connectivity index (χ1) is 9.27. The third kappa shape index (κ3) is 6.33. The minimum Gasteiger partial charge on any atom is -0.382 e. The SMILES string of the molecule is COCCOCC(=O)NCc1ccccc1COC. The molecule has 0 fully saturated rings. The standard InChI is InChI=1S/C14H21NO4/c1-17-7-8-19-11-14(16)15-9-12-5-3-4-6-13(12)10-18-2/h3-6H,7-11H2,1-2H3,(H,15,16). The van der Waals surface area contributed by atoms with Crippen molar-refractivity contribution in [3.8, 4) is 0 Å². The lowest BCUT2D eigenvalue weighted by Crippen LogP contribution is -2.28. The molecule has 1 rings (SSSR count). The number of carbonyl (C=O) groups is 1. The van der Waals surface area contributed by atoms with Gasteiger partial charge in [0.25, 0.3) is 0 Å². The van der Waals surface area contributed by atoms with E-state index >= 15 is 0 Å². The molecule has 0 bridgehead atoms. The van der Waals surface area contributed by atoms with Gasteiger partial charge in [-0.2, -0.15) is 0 Å². The molecular formula is C14H21NO4. The summed E-state index contributed by atoms with van der Waals surface area (Å²) in [5, 5.41) is 2.81. The Labute approximate surface area is 113 Å². The van der Waals surface area contributed by atoms with Crippen LogP contribution in [0.25, 0.3) is 0 Å². The van der Waals surface area contributed by atoms with E-state index in [0.717, 1.165) is 11.1 Å². The Morgan fingerprint density at radius 2 is 1.84 bits per heavy atom. The van der Waals surface area contributed by atoms with E-state index in [-0.39, 0.29) is 12.5 Å². The highest BCUT2D eigenvalue weighted by atomic mass is 16.5. The first kappa shape index (κ1) is 15.6. The number of amides is 1. The van der Waals surface area contributed by atoms with Gasteiger partial charge in [0.05, 0.1) is 19.8 Å². The number of nitrogens with one attached hydrogen (secondary N) is 1. The molecule has 0 saturated carbocycles. The van der Waals surface area contributed by atoms with E-state index < -0.39 is 0 Å². The van der Waals surface area contributed by atoms with Crippen LogP contribution in [0.1, 0.15) is 11.1 Å². The van der Waals surface area contributed by atoms with Crippen molar-refractivity contribution in [1.82, 2.24) is 5.32 Å². The first-order valence-electron chi connectivity index (χ1n) is 6.17. The zero-order chi connectivity index (χ0) is 13.9. The molecule has 0 unspecified atom stereocenters. The molecule has 0 saturated heterocycles. The van der Waals surface area contributed by atoms with Crippen molar-refractivity contribution in [1.29, 1.82) is 0 Å². The molecule has 1 aromatic carbocycles.